The molecule has 0 amide bonds. The van der Waals surface area contributed by atoms with E-state index in [-0.39, 0.29) is 0 Å². The maximum absolute atomic E-state index is 8.97. The van der Waals surface area contributed by atoms with Gasteiger partial charge in [-0.15, -0.1) is 0 Å². The Morgan fingerprint density at radius 2 is 1.82 bits per heavy atom. The van der Waals surface area contributed by atoms with Crippen molar-refractivity contribution in [3.8, 4) is 5.75 Å². The smallest absolute Gasteiger partial charge is 0.115 e. The number of aromatic hydroxyl groups is 1. The lowest BCUT2D eigenvalue weighted by Crippen LogP contribution is -2.30. The lowest BCUT2D eigenvalue weighted by atomic mass is 10.3. The number of phenols is 1. The lowest BCUT2D eigenvalue weighted by molar-refractivity contribution is 0.475. The number of nitrogens with zero attached hydrogens (tertiary/aromatic N) is 1. The molecule has 0 saturated heterocycles. The molecule has 1 aromatic carbocycles. The van der Waals surface area contributed by atoms with Gasteiger partial charge in [-0.25, -0.2) is 5.43 Å². The Morgan fingerprint density at radius 3 is 2.27 bits per heavy atom. The zero-order chi connectivity index (χ0) is 8.27. The molecule has 0 radical (unpaired) electrons. The summed E-state index contributed by atoms with van der Waals surface area (Å²) in [7, 11) is 3.75. The van der Waals surface area contributed by atoms with Crippen LogP contribution in [0.5, 0.6) is 5.75 Å². The first-order valence-corrected chi connectivity index (χ1v) is 3.44. The Morgan fingerprint density at radius 1 is 1.27 bits per heavy atom. The van der Waals surface area contributed by atoms with E-state index in [0.29, 0.717) is 5.75 Å². The molecule has 3 heteroatoms. The van der Waals surface area contributed by atoms with Gasteiger partial charge in [-0.2, -0.15) is 0 Å². The van der Waals surface area contributed by atoms with Crippen LogP contribution >= 0.6 is 0 Å². The second-order valence-electron chi connectivity index (χ2n) is 2.30. The normalized spacial score (nSPS) is 9.64. The van der Waals surface area contributed by atoms with Gasteiger partial charge in [0.15, 0.2) is 0 Å². The monoisotopic (exact) mass is 152 g/mol. The van der Waals surface area contributed by atoms with Gasteiger partial charge in [0.1, 0.15) is 5.75 Å². The van der Waals surface area contributed by atoms with Crippen LogP contribution < -0.4 is 10.4 Å². The minimum Gasteiger partial charge on any atom is -0.508 e. The van der Waals surface area contributed by atoms with Gasteiger partial charge in [-0.3, -0.25) is 0 Å². The molecule has 2 N–H and O–H groups in total. The van der Waals surface area contributed by atoms with E-state index in [9.17, 15) is 0 Å². The molecule has 0 unspecified atom stereocenters. The molecule has 0 saturated carbocycles. The molecule has 0 heterocycles. The Kier molecular flexibility index (Phi) is 2.33. The summed E-state index contributed by atoms with van der Waals surface area (Å²) in [6.07, 6.45) is 0. The van der Waals surface area contributed by atoms with E-state index in [4.69, 9.17) is 5.11 Å². The van der Waals surface area contributed by atoms with Crippen LogP contribution in [0.1, 0.15) is 0 Å². The van der Waals surface area contributed by atoms with E-state index >= 15 is 0 Å². The number of hydrogen-bond donors (Lipinski definition) is 2. The molecule has 11 heavy (non-hydrogen) atoms. The first-order chi connectivity index (χ1) is 5.24. The highest BCUT2D eigenvalue weighted by Crippen LogP contribution is 2.15. The third-order valence-corrected chi connectivity index (χ3v) is 1.57. The highest BCUT2D eigenvalue weighted by molar-refractivity contribution is 5.46. The van der Waals surface area contributed by atoms with E-state index in [1.165, 1.54) is 0 Å². The van der Waals surface area contributed by atoms with Crippen molar-refractivity contribution < 1.29 is 5.11 Å². The summed E-state index contributed by atoms with van der Waals surface area (Å²) in [6, 6.07) is 6.99. The molecular formula is C8H12N2O. The molecule has 0 aliphatic heterocycles. The van der Waals surface area contributed by atoms with Crippen LogP contribution in [-0.4, -0.2) is 19.2 Å². The van der Waals surface area contributed by atoms with E-state index < -0.39 is 0 Å². The van der Waals surface area contributed by atoms with Gasteiger partial charge in [0.2, 0.25) is 0 Å². The van der Waals surface area contributed by atoms with Crippen molar-refractivity contribution in [3.05, 3.63) is 24.3 Å². The Bertz CT molecular complexity index is 220. The average molecular weight is 152 g/mol. The summed E-state index contributed by atoms with van der Waals surface area (Å²) in [5.74, 6) is 0.290. The average Bonchev–Trinajstić information content (AvgIpc) is 2.05. The molecule has 60 valence electrons. The Balaban J connectivity index is 2.81. The number of hydrazine groups is 1. The van der Waals surface area contributed by atoms with Crippen LogP contribution in [0.15, 0.2) is 24.3 Å². The maximum Gasteiger partial charge on any atom is 0.115 e. The highest BCUT2D eigenvalue weighted by Gasteiger charge is 1.95. The summed E-state index contributed by atoms with van der Waals surface area (Å²) < 4.78 is 0. The van der Waals surface area contributed by atoms with Crippen molar-refractivity contribution in [1.29, 1.82) is 0 Å². The van der Waals surface area contributed by atoms with Crippen LogP contribution in [0.3, 0.4) is 0 Å². The largest absolute Gasteiger partial charge is 0.508 e. The van der Waals surface area contributed by atoms with Crippen molar-refractivity contribution in [2.75, 3.05) is 19.1 Å². The lowest BCUT2D eigenvalue weighted by Gasteiger charge is -2.16. The fraction of sp³-hybridized carbons (Fsp3) is 0.250. The number of hydrogen-bond acceptors (Lipinski definition) is 3. The fourth-order valence-electron chi connectivity index (χ4n) is 0.805. The van der Waals surface area contributed by atoms with Crippen molar-refractivity contribution in [1.82, 2.24) is 5.43 Å². The van der Waals surface area contributed by atoms with Crippen LogP contribution in [-0.2, 0) is 0 Å². The number of rotatable bonds is 2. The Labute approximate surface area is 66.2 Å². The van der Waals surface area contributed by atoms with Gasteiger partial charge in [0, 0.05) is 14.1 Å². The summed E-state index contributed by atoms with van der Waals surface area (Å²) in [5, 5.41) is 10.8. The molecule has 1 aromatic rings. The molecule has 0 fully saturated rings. The van der Waals surface area contributed by atoms with Crippen LogP contribution in [0.2, 0.25) is 0 Å². The molecular weight excluding hydrogens is 140 g/mol. The molecule has 0 spiro atoms. The zero-order valence-electron chi connectivity index (χ0n) is 6.70. The third kappa shape index (κ3) is 1.85. The predicted octanol–water partition coefficient (Wildman–Crippen LogP) is 0.963. The molecule has 0 aliphatic carbocycles. The topological polar surface area (TPSA) is 35.5 Å². The molecule has 0 aliphatic rings. The predicted molar refractivity (Wildman–Crippen MR) is 45.6 cm³/mol. The van der Waals surface area contributed by atoms with E-state index in [1.807, 2.05) is 31.2 Å². The minimum absolute atomic E-state index is 0.290. The molecule has 0 atom stereocenters. The van der Waals surface area contributed by atoms with Gasteiger partial charge in [0.05, 0.1) is 5.69 Å². The molecule has 0 bridgehead atoms. The summed E-state index contributed by atoms with van der Waals surface area (Å²) in [6.45, 7) is 0. The number of benzene rings is 1. The number of anilines is 1. The van der Waals surface area contributed by atoms with Crippen LogP contribution in [0.4, 0.5) is 5.69 Å². The SMILES string of the molecule is CNN(C)c1ccc(O)cc1. The van der Waals surface area contributed by atoms with Crippen LogP contribution in [0.25, 0.3) is 0 Å². The van der Waals surface area contributed by atoms with E-state index in [2.05, 4.69) is 5.43 Å². The van der Waals surface area contributed by atoms with E-state index in [0.717, 1.165) is 5.69 Å². The summed E-state index contributed by atoms with van der Waals surface area (Å²) in [4.78, 5) is 0. The number of phenolic OH excluding ortho intramolecular Hbond substituents is 1. The second kappa shape index (κ2) is 3.25. The summed E-state index contributed by atoms with van der Waals surface area (Å²) in [5.41, 5.74) is 3.97. The first-order valence-electron chi connectivity index (χ1n) is 3.44. The van der Waals surface area contributed by atoms with Gasteiger partial charge in [-0.05, 0) is 24.3 Å². The molecule has 0 aromatic heterocycles. The molecule has 1 rings (SSSR count). The van der Waals surface area contributed by atoms with E-state index in [1.54, 1.807) is 12.1 Å². The van der Waals surface area contributed by atoms with Gasteiger partial charge >= 0.3 is 0 Å². The number of nitrogens with one attached hydrogen (secondary N) is 1. The van der Waals surface area contributed by atoms with Crippen LogP contribution in [0, 0.1) is 0 Å². The maximum atomic E-state index is 8.97. The van der Waals surface area contributed by atoms with Crippen molar-refractivity contribution in [2.45, 2.75) is 0 Å². The highest BCUT2D eigenvalue weighted by atomic mass is 16.3. The quantitative estimate of drug-likeness (QED) is 0.620. The third-order valence-electron chi connectivity index (χ3n) is 1.57. The Hall–Kier alpha value is -1.22. The zero-order valence-corrected chi connectivity index (χ0v) is 6.70. The fourth-order valence-corrected chi connectivity index (χ4v) is 0.805. The second-order valence-corrected chi connectivity index (χ2v) is 2.30. The van der Waals surface area contributed by atoms with Crippen molar-refractivity contribution in [3.63, 3.8) is 0 Å². The molecule has 3 nitrogen and oxygen atoms in total. The van der Waals surface area contributed by atoms with Gasteiger partial charge in [-0.1, -0.05) is 0 Å². The van der Waals surface area contributed by atoms with Crippen molar-refractivity contribution in [2.24, 2.45) is 0 Å². The standard InChI is InChI=1S/C8H12N2O/c1-9-10(2)7-3-5-8(11)6-4-7/h3-6,9,11H,1-2H3. The van der Waals surface area contributed by atoms with Gasteiger partial charge < -0.3 is 10.1 Å². The van der Waals surface area contributed by atoms with Crippen molar-refractivity contribution >= 4 is 5.69 Å². The summed E-state index contributed by atoms with van der Waals surface area (Å²) >= 11 is 0. The van der Waals surface area contributed by atoms with Gasteiger partial charge in [0.25, 0.3) is 0 Å². The minimum atomic E-state index is 0.290. The first kappa shape index (κ1) is 7.88.